The van der Waals surface area contributed by atoms with Crippen LogP contribution in [0.2, 0.25) is 0 Å². The molecule has 6 heteroatoms. The molecule has 0 aromatic carbocycles. The molecule has 0 spiro atoms. The van der Waals surface area contributed by atoms with E-state index < -0.39 is 11.4 Å². The van der Waals surface area contributed by atoms with Crippen molar-refractivity contribution in [2.75, 3.05) is 26.0 Å². The Morgan fingerprint density at radius 1 is 1.47 bits per heavy atom. The number of aliphatic carboxylic acids is 1. The van der Waals surface area contributed by atoms with Crippen LogP contribution < -0.4 is 5.32 Å². The Labute approximate surface area is 111 Å². The SMILES string of the molecule is CN(C)C(=O)c1cc(NCC2(C(=O)O)CC2)ccn1. The Bertz CT molecular complexity index is 510. The van der Waals surface area contributed by atoms with E-state index >= 15 is 0 Å². The van der Waals surface area contributed by atoms with Gasteiger partial charge in [0.05, 0.1) is 5.41 Å². The van der Waals surface area contributed by atoms with E-state index in [1.165, 1.54) is 4.90 Å². The summed E-state index contributed by atoms with van der Waals surface area (Å²) in [7, 11) is 3.32. The van der Waals surface area contributed by atoms with Gasteiger partial charge in [0.1, 0.15) is 5.69 Å². The highest BCUT2D eigenvalue weighted by Crippen LogP contribution is 2.45. The second-order valence-electron chi connectivity index (χ2n) is 5.07. The predicted octanol–water partition coefficient (Wildman–Crippen LogP) is 1.06. The van der Waals surface area contributed by atoms with Crippen molar-refractivity contribution in [1.82, 2.24) is 9.88 Å². The van der Waals surface area contributed by atoms with Crippen LogP contribution in [0, 0.1) is 5.41 Å². The molecule has 6 nitrogen and oxygen atoms in total. The maximum atomic E-state index is 11.8. The predicted molar refractivity (Wildman–Crippen MR) is 70.0 cm³/mol. The molecule has 0 bridgehead atoms. The van der Waals surface area contributed by atoms with Gasteiger partial charge < -0.3 is 15.3 Å². The second kappa shape index (κ2) is 4.87. The Balaban J connectivity index is 2.04. The highest BCUT2D eigenvalue weighted by atomic mass is 16.4. The molecule has 1 fully saturated rings. The average Bonchev–Trinajstić information content (AvgIpc) is 3.17. The molecule has 2 rings (SSSR count). The number of aromatic nitrogens is 1. The summed E-state index contributed by atoms with van der Waals surface area (Å²) in [6.07, 6.45) is 2.94. The maximum absolute atomic E-state index is 11.8. The summed E-state index contributed by atoms with van der Waals surface area (Å²) in [5, 5.41) is 12.2. The van der Waals surface area contributed by atoms with Crippen LogP contribution in [0.4, 0.5) is 5.69 Å². The van der Waals surface area contributed by atoms with E-state index in [1.54, 1.807) is 32.4 Å². The molecule has 0 unspecified atom stereocenters. The molecule has 19 heavy (non-hydrogen) atoms. The van der Waals surface area contributed by atoms with Crippen molar-refractivity contribution in [1.29, 1.82) is 0 Å². The van der Waals surface area contributed by atoms with Gasteiger partial charge in [0, 0.05) is 32.5 Å². The fourth-order valence-electron chi connectivity index (χ4n) is 1.77. The first kappa shape index (κ1) is 13.3. The van der Waals surface area contributed by atoms with Crippen molar-refractivity contribution in [3.63, 3.8) is 0 Å². The zero-order valence-corrected chi connectivity index (χ0v) is 11.0. The quantitative estimate of drug-likeness (QED) is 0.830. The lowest BCUT2D eigenvalue weighted by atomic mass is 10.1. The first-order chi connectivity index (χ1) is 8.94. The lowest BCUT2D eigenvalue weighted by Crippen LogP contribution is -2.25. The zero-order chi connectivity index (χ0) is 14.0. The molecule has 0 radical (unpaired) electrons. The number of carboxylic acids is 1. The lowest BCUT2D eigenvalue weighted by Gasteiger charge is -2.14. The average molecular weight is 263 g/mol. The zero-order valence-electron chi connectivity index (χ0n) is 11.0. The summed E-state index contributed by atoms with van der Waals surface area (Å²) < 4.78 is 0. The third-order valence-corrected chi connectivity index (χ3v) is 3.32. The highest BCUT2D eigenvalue weighted by molar-refractivity contribution is 5.92. The van der Waals surface area contributed by atoms with Crippen LogP contribution in [-0.2, 0) is 4.79 Å². The molecule has 0 aliphatic heterocycles. The van der Waals surface area contributed by atoms with Gasteiger partial charge in [0.25, 0.3) is 5.91 Å². The standard InChI is InChI=1S/C13H17N3O3/c1-16(2)11(17)10-7-9(3-6-14-10)15-8-13(4-5-13)12(18)19/h3,6-7H,4-5,8H2,1-2H3,(H,14,15)(H,18,19). The van der Waals surface area contributed by atoms with E-state index in [-0.39, 0.29) is 5.91 Å². The van der Waals surface area contributed by atoms with Gasteiger partial charge in [0.15, 0.2) is 0 Å². The van der Waals surface area contributed by atoms with Gasteiger partial charge in [-0.05, 0) is 25.0 Å². The summed E-state index contributed by atoms with van der Waals surface area (Å²) in [6, 6.07) is 3.37. The van der Waals surface area contributed by atoms with E-state index in [1.807, 2.05) is 0 Å². The van der Waals surface area contributed by atoms with Gasteiger partial charge in [-0.15, -0.1) is 0 Å². The van der Waals surface area contributed by atoms with Gasteiger partial charge in [0.2, 0.25) is 0 Å². The number of hydrogen-bond donors (Lipinski definition) is 2. The molecule has 0 atom stereocenters. The van der Waals surface area contributed by atoms with Crippen molar-refractivity contribution in [2.45, 2.75) is 12.8 Å². The fourth-order valence-corrected chi connectivity index (χ4v) is 1.77. The van der Waals surface area contributed by atoms with Crippen molar-refractivity contribution < 1.29 is 14.7 Å². The fraction of sp³-hybridized carbons (Fsp3) is 0.462. The number of pyridine rings is 1. The van der Waals surface area contributed by atoms with Crippen LogP contribution in [0.25, 0.3) is 0 Å². The number of amides is 1. The van der Waals surface area contributed by atoms with Gasteiger partial charge in [-0.2, -0.15) is 0 Å². The van der Waals surface area contributed by atoms with Crippen LogP contribution in [0.5, 0.6) is 0 Å². The normalized spacial score (nSPS) is 15.7. The van der Waals surface area contributed by atoms with Crippen LogP contribution in [0.3, 0.4) is 0 Å². The summed E-state index contributed by atoms with van der Waals surface area (Å²) in [5.41, 5.74) is 0.428. The van der Waals surface area contributed by atoms with E-state index in [0.717, 1.165) is 0 Å². The second-order valence-corrected chi connectivity index (χ2v) is 5.07. The van der Waals surface area contributed by atoms with Crippen molar-refractivity contribution in [3.05, 3.63) is 24.0 Å². The van der Waals surface area contributed by atoms with E-state index in [0.29, 0.717) is 30.8 Å². The molecule has 0 saturated heterocycles. The van der Waals surface area contributed by atoms with Crippen LogP contribution in [-0.4, -0.2) is 47.5 Å². The highest BCUT2D eigenvalue weighted by Gasteiger charge is 2.49. The smallest absolute Gasteiger partial charge is 0.311 e. The minimum Gasteiger partial charge on any atom is -0.481 e. The Hall–Kier alpha value is -2.11. The number of carbonyl (C=O) groups excluding carboxylic acids is 1. The minimum absolute atomic E-state index is 0.178. The van der Waals surface area contributed by atoms with E-state index in [9.17, 15) is 9.59 Å². The Morgan fingerprint density at radius 3 is 2.68 bits per heavy atom. The third kappa shape index (κ3) is 2.83. The monoisotopic (exact) mass is 263 g/mol. The Kier molecular flexibility index (Phi) is 3.42. The molecule has 1 aromatic rings. The molecule has 102 valence electrons. The summed E-state index contributed by atoms with van der Waals surface area (Å²) in [5.74, 6) is -0.943. The van der Waals surface area contributed by atoms with Crippen molar-refractivity contribution >= 4 is 17.6 Å². The van der Waals surface area contributed by atoms with Gasteiger partial charge in [-0.1, -0.05) is 0 Å². The summed E-state index contributed by atoms with van der Waals surface area (Å²) in [6.45, 7) is 0.377. The third-order valence-electron chi connectivity index (χ3n) is 3.32. The van der Waals surface area contributed by atoms with E-state index in [2.05, 4.69) is 10.3 Å². The molecule has 1 aliphatic carbocycles. The summed E-state index contributed by atoms with van der Waals surface area (Å²) in [4.78, 5) is 28.3. The van der Waals surface area contributed by atoms with E-state index in [4.69, 9.17) is 5.11 Å². The van der Waals surface area contributed by atoms with Gasteiger partial charge in [-0.3, -0.25) is 14.6 Å². The van der Waals surface area contributed by atoms with Gasteiger partial charge in [-0.25, -0.2) is 0 Å². The number of nitrogens with zero attached hydrogens (tertiary/aromatic N) is 2. The van der Waals surface area contributed by atoms with Crippen molar-refractivity contribution in [3.8, 4) is 0 Å². The molecule has 1 saturated carbocycles. The van der Waals surface area contributed by atoms with Crippen LogP contribution in [0.15, 0.2) is 18.3 Å². The van der Waals surface area contributed by atoms with Crippen molar-refractivity contribution in [2.24, 2.45) is 5.41 Å². The lowest BCUT2D eigenvalue weighted by molar-refractivity contribution is -0.142. The number of rotatable bonds is 5. The molecule has 1 aliphatic rings. The number of nitrogens with one attached hydrogen (secondary N) is 1. The molecular formula is C13H17N3O3. The number of carbonyl (C=O) groups is 2. The van der Waals surface area contributed by atoms with Crippen LogP contribution >= 0.6 is 0 Å². The first-order valence-corrected chi connectivity index (χ1v) is 6.10. The molecule has 2 N–H and O–H groups in total. The molecular weight excluding hydrogens is 246 g/mol. The molecule has 1 amide bonds. The largest absolute Gasteiger partial charge is 0.481 e. The number of anilines is 1. The number of hydrogen-bond acceptors (Lipinski definition) is 4. The van der Waals surface area contributed by atoms with Gasteiger partial charge >= 0.3 is 5.97 Å². The van der Waals surface area contributed by atoms with Crippen LogP contribution in [0.1, 0.15) is 23.3 Å². The number of carboxylic acid groups (broad SMARTS) is 1. The minimum atomic E-state index is -0.765. The maximum Gasteiger partial charge on any atom is 0.311 e. The first-order valence-electron chi connectivity index (χ1n) is 6.10. The molecule has 1 heterocycles. The topological polar surface area (TPSA) is 82.5 Å². The molecule has 1 aromatic heterocycles. The Morgan fingerprint density at radius 2 is 2.16 bits per heavy atom. The summed E-state index contributed by atoms with van der Waals surface area (Å²) >= 11 is 0.